The van der Waals surface area contributed by atoms with E-state index >= 15 is 0 Å². The average molecular weight is 261 g/mol. The number of likely N-dealkylation sites (N-methyl/N-ethyl adjacent to an activating group) is 1. The largest absolute Gasteiger partial charge is 0.360 e. The lowest BCUT2D eigenvalue weighted by Gasteiger charge is -2.40. The molecular formula is C15H23N3O. The summed E-state index contributed by atoms with van der Waals surface area (Å²) in [5, 5.41) is 3.16. The molecule has 2 rings (SSSR count). The van der Waals surface area contributed by atoms with Crippen LogP contribution in [-0.4, -0.2) is 50.6 Å². The number of hydrogen-bond donors (Lipinski definition) is 1. The van der Waals surface area contributed by atoms with Gasteiger partial charge in [0, 0.05) is 19.3 Å². The van der Waals surface area contributed by atoms with Crippen molar-refractivity contribution in [2.75, 3.05) is 38.6 Å². The molecule has 1 saturated heterocycles. The molecule has 1 atom stereocenters. The topological polar surface area (TPSA) is 35.6 Å². The van der Waals surface area contributed by atoms with Crippen LogP contribution in [0.15, 0.2) is 24.3 Å². The molecule has 1 fully saturated rings. The van der Waals surface area contributed by atoms with Crippen LogP contribution in [0.25, 0.3) is 0 Å². The van der Waals surface area contributed by atoms with Crippen molar-refractivity contribution in [3.05, 3.63) is 29.8 Å². The summed E-state index contributed by atoms with van der Waals surface area (Å²) in [6.07, 6.45) is 0.987. The van der Waals surface area contributed by atoms with Gasteiger partial charge in [-0.2, -0.15) is 0 Å². The molecule has 19 heavy (non-hydrogen) atoms. The average Bonchev–Trinajstić information content (AvgIpc) is 2.41. The zero-order valence-corrected chi connectivity index (χ0v) is 12.0. The number of benzene rings is 1. The zero-order valence-electron chi connectivity index (χ0n) is 12.0. The van der Waals surface area contributed by atoms with E-state index in [4.69, 9.17) is 0 Å². The van der Waals surface area contributed by atoms with Crippen molar-refractivity contribution in [1.29, 1.82) is 0 Å². The Morgan fingerprint density at radius 3 is 2.63 bits per heavy atom. The van der Waals surface area contributed by atoms with Crippen molar-refractivity contribution in [3.8, 4) is 0 Å². The molecular weight excluding hydrogens is 238 g/mol. The highest BCUT2D eigenvalue weighted by Gasteiger charge is 2.29. The van der Waals surface area contributed by atoms with E-state index in [0.717, 1.165) is 25.2 Å². The minimum Gasteiger partial charge on any atom is -0.360 e. The van der Waals surface area contributed by atoms with Gasteiger partial charge in [-0.15, -0.1) is 0 Å². The maximum absolute atomic E-state index is 12.1. The van der Waals surface area contributed by atoms with Gasteiger partial charge in [0.1, 0.15) is 0 Å². The minimum atomic E-state index is 0.202. The summed E-state index contributed by atoms with van der Waals surface area (Å²) in [6, 6.07) is 8.68. The van der Waals surface area contributed by atoms with Crippen molar-refractivity contribution in [2.45, 2.75) is 19.4 Å². The molecule has 0 aliphatic carbocycles. The summed E-state index contributed by atoms with van der Waals surface area (Å²) in [7, 11) is 3.86. The second-order valence-electron chi connectivity index (χ2n) is 5.27. The van der Waals surface area contributed by atoms with Crippen LogP contribution in [0.2, 0.25) is 0 Å². The highest BCUT2D eigenvalue weighted by Crippen LogP contribution is 2.20. The monoisotopic (exact) mass is 261 g/mol. The molecule has 0 radical (unpaired) electrons. The number of carbonyl (C=O) groups excluding carboxylic acids is 1. The molecule has 1 aliphatic heterocycles. The van der Waals surface area contributed by atoms with Crippen molar-refractivity contribution >= 4 is 11.6 Å². The SMILES string of the molecule is CNCCC1CN(c2ccc(C)cc2)CC(=O)N1C. The highest BCUT2D eigenvalue weighted by molar-refractivity contribution is 5.83. The predicted molar refractivity (Wildman–Crippen MR) is 78.5 cm³/mol. The Kier molecular flexibility index (Phi) is 4.43. The lowest BCUT2D eigenvalue weighted by Crippen LogP contribution is -2.55. The van der Waals surface area contributed by atoms with Crippen LogP contribution in [0.5, 0.6) is 0 Å². The van der Waals surface area contributed by atoms with E-state index in [1.807, 2.05) is 19.0 Å². The number of nitrogens with zero attached hydrogens (tertiary/aromatic N) is 2. The van der Waals surface area contributed by atoms with Gasteiger partial charge in [0.25, 0.3) is 0 Å². The van der Waals surface area contributed by atoms with Gasteiger partial charge in [-0.3, -0.25) is 4.79 Å². The smallest absolute Gasteiger partial charge is 0.242 e. The van der Waals surface area contributed by atoms with E-state index in [2.05, 4.69) is 41.4 Å². The quantitative estimate of drug-likeness (QED) is 0.886. The van der Waals surface area contributed by atoms with Crippen molar-refractivity contribution in [1.82, 2.24) is 10.2 Å². The number of aryl methyl sites for hydroxylation is 1. The molecule has 4 heteroatoms. The lowest BCUT2D eigenvalue weighted by molar-refractivity contribution is -0.132. The molecule has 1 heterocycles. The van der Waals surface area contributed by atoms with E-state index in [0.29, 0.717) is 6.54 Å². The molecule has 4 nitrogen and oxygen atoms in total. The van der Waals surface area contributed by atoms with Crippen LogP contribution >= 0.6 is 0 Å². The molecule has 0 spiro atoms. The number of anilines is 1. The first-order chi connectivity index (χ1) is 9.11. The first kappa shape index (κ1) is 13.9. The fourth-order valence-electron chi connectivity index (χ4n) is 2.47. The Bertz CT molecular complexity index is 430. The number of rotatable bonds is 4. The summed E-state index contributed by atoms with van der Waals surface area (Å²) >= 11 is 0. The highest BCUT2D eigenvalue weighted by atomic mass is 16.2. The summed E-state index contributed by atoms with van der Waals surface area (Å²) in [6.45, 7) is 4.40. The van der Waals surface area contributed by atoms with Gasteiger partial charge in [0.2, 0.25) is 5.91 Å². The van der Waals surface area contributed by atoms with Crippen LogP contribution in [0.1, 0.15) is 12.0 Å². The number of piperazine rings is 1. The van der Waals surface area contributed by atoms with Crippen molar-refractivity contribution < 1.29 is 4.79 Å². The van der Waals surface area contributed by atoms with Crippen LogP contribution in [0.4, 0.5) is 5.69 Å². The molecule has 0 bridgehead atoms. The Morgan fingerprint density at radius 2 is 2.00 bits per heavy atom. The van der Waals surface area contributed by atoms with Gasteiger partial charge in [-0.05, 0) is 39.1 Å². The summed E-state index contributed by atoms with van der Waals surface area (Å²) < 4.78 is 0. The number of nitrogens with one attached hydrogen (secondary N) is 1. The molecule has 1 aromatic rings. The first-order valence-electron chi connectivity index (χ1n) is 6.83. The Labute approximate surface area is 115 Å². The third-order valence-corrected chi connectivity index (χ3v) is 3.83. The fraction of sp³-hybridized carbons (Fsp3) is 0.533. The number of hydrogen-bond acceptors (Lipinski definition) is 3. The normalized spacial score (nSPS) is 19.9. The Hall–Kier alpha value is -1.55. The van der Waals surface area contributed by atoms with E-state index in [1.165, 1.54) is 5.56 Å². The molecule has 104 valence electrons. The summed E-state index contributed by atoms with van der Waals surface area (Å²) in [5.74, 6) is 0.202. The van der Waals surface area contributed by atoms with Gasteiger partial charge in [0.15, 0.2) is 0 Å². The van der Waals surface area contributed by atoms with Crippen molar-refractivity contribution in [3.63, 3.8) is 0 Å². The van der Waals surface area contributed by atoms with Crippen LogP contribution < -0.4 is 10.2 Å². The molecule has 0 aromatic heterocycles. The standard InChI is InChI=1S/C15H23N3O/c1-12-4-6-13(7-5-12)18-10-14(8-9-16-2)17(3)15(19)11-18/h4-7,14,16H,8-11H2,1-3H3. The first-order valence-corrected chi connectivity index (χ1v) is 6.83. The molecule has 1 aliphatic rings. The Balaban J connectivity index is 2.09. The molecule has 1 unspecified atom stereocenters. The third-order valence-electron chi connectivity index (χ3n) is 3.83. The van der Waals surface area contributed by atoms with Gasteiger partial charge >= 0.3 is 0 Å². The summed E-state index contributed by atoms with van der Waals surface area (Å²) in [5.41, 5.74) is 2.39. The van der Waals surface area contributed by atoms with Gasteiger partial charge in [0.05, 0.1) is 12.6 Å². The van der Waals surface area contributed by atoms with Crippen molar-refractivity contribution in [2.24, 2.45) is 0 Å². The predicted octanol–water partition coefficient (Wildman–Crippen LogP) is 1.25. The lowest BCUT2D eigenvalue weighted by atomic mass is 10.1. The van der Waals surface area contributed by atoms with E-state index < -0.39 is 0 Å². The van der Waals surface area contributed by atoms with Gasteiger partial charge < -0.3 is 15.1 Å². The Morgan fingerprint density at radius 1 is 1.32 bits per heavy atom. The second-order valence-corrected chi connectivity index (χ2v) is 5.27. The fourth-order valence-corrected chi connectivity index (χ4v) is 2.47. The van der Waals surface area contributed by atoms with Crippen LogP contribution in [-0.2, 0) is 4.79 Å². The maximum Gasteiger partial charge on any atom is 0.242 e. The minimum absolute atomic E-state index is 0.202. The number of amides is 1. The summed E-state index contributed by atoms with van der Waals surface area (Å²) in [4.78, 5) is 16.2. The van der Waals surface area contributed by atoms with Gasteiger partial charge in [-0.25, -0.2) is 0 Å². The van der Waals surface area contributed by atoms with E-state index in [1.54, 1.807) is 0 Å². The molecule has 1 aromatic carbocycles. The van der Waals surface area contributed by atoms with Gasteiger partial charge in [-0.1, -0.05) is 17.7 Å². The molecule has 1 N–H and O–H groups in total. The molecule has 1 amide bonds. The van der Waals surface area contributed by atoms with Crippen LogP contribution in [0.3, 0.4) is 0 Å². The third kappa shape index (κ3) is 3.26. The maximum atomic E-state index is 12.1. The molecule has 0 saturated carbocycles. The second kappa shape index (κ2) is 6.06. The van der Waals surface area contributed by atoms with E-state index in [9.17, 15) is 4.79 Å². The van der Waals surface area contributed by atoms with Crippen LogP contribution in [0, 0.1) is 6.92 Å². The van der Waals surface area contributed by atoms with E-state index in [-0.39, 0.29) is 11.9 Å². The zero-order chi connectivity index (χ0) is 13.8. The number of carbonyl (C=O) groups is 1.